The summed E-state index contributed by atoms with van der Waals surface area (Å²) in [6.45, 7) is 4.81. The van der Waals surface area contributed by atoms with Crippen LogP contribution < -0.4 is 5.73 Å². The molecule has 1 aliphatic heterocycles. The number of nitrogens with two attached hydrogens (primary N) is 1. The minimum absolute atomic E-state index is 0. The number of pyridine rings is 1. The van der Waals surface area contributed by atoms with E-state index in [1.807, 2.05) is 30.0 Å². The molecule has 5 nitrogen and oxygen atoms in total. The van der Waals surface area contributed by atoms with E-state index in [1.165, 1.54) is 0 Å². The Balaban J connectivity index is 0.00000220. The summed E-state index contributed by atoms with van der Waals surface area (Å²) in [4.78, 5) is 19.0. The van der Waals surface area contributed by atoms with Gasteiger partial charge in [0.2, 0.25) is 5.91 Å². The molecule has 0 radical (unpaired) electrons. The number of hydrogen-bond acceptors (Lipinski definition) is 4. The van der Waals surface area contributed by atoms with E-state index >= 15 is 0 Å². The van der Waals surface area contributed by atoms with Crippen molar-refractivity contribution in [3.8, 4) is 0 Å². The van der Waals surface area contributed by atoms with Crippen LogP contribution in [0.2, 0.25) is 0 Å². The fraction of sp³-hybridized carbons (Fsp3) is 0.600. The molecular formula is C15H25Cl2N3O2. The van der Waals surface area contributed by atoms with Crippen LogP contribution in [0.3, 0.4) is 0 Å². The summed E-state index contributed by atoms with van der Waals surface area (Å²) in [6, 6.07) is 5.75. The summed E-state index contributed by atoms with van der Waals surface area (Å²) >= 11 is 0. The van der Waals surface area contributed by atoms with Crippen molar-refractivity contribution in [1.82, 2.24) is 9.88 Å². The van der Waals surface area contributed by atoms with Gasteiger partial charge in [0.1, 0.15) is 0 Å². The zero-order valence-corrected chi connectivity index (χ0v) is 14.5. The van der Waals surface area contributed by atoms with Gasteiger partial charge >= 0.3 is 0 Å². The van der Waals surface area contributed by atoms with Crippen LogP contribution in [0, 0.1) is 5.41 Å². The van der Waals surface area contributed by atoms with Gasteiger partial charge < -0.3 is 15.4 Å². The van der Waals surface area contributed by atoms with Crippen molar-refractivity contribution in [2.24, 2.45) is 11.1 Å². The molecule has 0 aliphatic carbocycles. The second-order valence-electron chi connectivity index (χ2n) is 5.24. The molecule has 0 atom stereocenters. The van der Waals surface area contributed by atoms with E-state index in [9.17, 15) is 4.79 Å². The lowest BCUT2D eigenvalue weighted by Crippen LogP contribution is -2.50. The first-order valence-electron chi connectivity index (χ1n) is 7.19. The van der Waals surface area contributed by atoms with Crippen molar-refractivity contribution in [2.45, 2.75) is 26.3 Å². The molecule has 1 fully saturated rings. The molecule has 22 heavy (non-hydrogen) atoms. The van der Waals surface area contributed by atoms with Gasteiger partial charge in [0.25, 0.3) is 0 Å². The van der Waals surface area contributed by atoms with Gasteiger partial charge in [-0.05, 0) is 31.9 Å². The van der Waals surface area contributed by atoms with Gasteiger partial charge in [-0.2, -0.15) is 0 Å². The highest BCUT2D eigenvalue weighted by molar-refractivity contribution is 5.85. The maximum absolute atomic E-state index is 12.8. The zero-order valence-electron chi connectivity index (χ0n) is 12.9. The topological polar surface area (TPSA) is 68.5 Å². The van der Waals surface area contributed by atoms with E-state index in [0.29, 0.717) is 45.7 Å². The third kappa shape index (κ3) is 4.81. The average Bonchev–Trinajstić information content (AvgIpc) is 2.53. The summed E-state index contributed by atoms with van der Waals surface area (Å²) in [5.41, 5.74) is 6.36. The lowest BCUT2D eigenvalue weighted by molar-refractivity contribution is -0.147. The van der Waals surface area contributed by atoms with Crippen molar-refractivity contribution < 1.29 is 9.53 Å². The molecular weight excluding hydrogens is 325 g/mol. The molecule has 0 bridgehead atoms. The van der Waals surface area contributed by atoms with Crippen molar-refractivity contribution >= 4 is 30.7 Å². The minimum atomic E-state index is -0.455. The quantitative estimate of drug-likeness (QED) is 0.882. The number of ether oxygens (including phenoxy) is 1. The standard InChI is InChI=1S/C15H23N3O2.2ClH/c1-2-18(11-13-5-3-4-8-17-13)14(19)15(12-16)6-9-20-10-7-15;;/h3-5,8H,2,6-7,9-12,16H2,1H3;2*1H. The Morgan fingerprint density at radius 2 is 2.05 bits per heavy atom. The number of amides is 1. The van der Waals surface area contributed by atoms with E-state index < -0.39 is 5.41 Å². The third-order valence-electron chi connectivity index (χ3n) is 4.04. The van der Waals surface area contributed by atoms with E-state index in [1.54, 1.807) is 6.20 Å². The number of halogens is 2. The molecule has 1 amide bonds. The molecule has 0 unspecified atom stereocenters. The Morgan fingerprint density at radius 3 is 2.55 bits per heavy atom. The summed E-state index contributed by atoms with van der Waals surface area (Å²) in [6.07, 6.45) is 3.17. The van der Waals surface area contributed by atoms with Gasteiger partial charge in [-0.3, -0.25) is 9.78 Å². The highest BCUT2D eigenvalue weighted by Gasteiger charge is 2.41. The van der Waals surface area contributed by atoms with Crippen LogP contribution in [-0.2, 0) is 16.1 Å². The SMILES string of the molecule is CCN(Cc1ccccn1)C(=O)C1(CN)CCOCC1.Cl.Cl. The van der Waals surface area contributed by atoms with E-state index in [2.05, 4.69) is 4.98 Å². The smallest absolute Gasteiger partial charge is 0.230 e. The first-order valence-corrected chi connectivity index (χ1v) is 7.19. The highest BCUT2D eigenvalue weighted by atomic mass is 35.5. The predicted octanol–water partition coefficient (Wildman–Crippen LogP) is 2.03. The first kappa shape index (κ1) is 21.1. The lowest BCUT2D eigenvalue weighted by Gasteiger charge is -2.38. The van der Waals surface area contributed by atoms with Crippen molar-refractivity contribution in [3.05, 3.63) is 30.1 Å². The molecule has 1 saturated heterocycles. The maximum Gasteiger partial charge on any atom is 0.230 e. The zero-order chi connectivity index (χ0) is 14.4. The molecule has 2 N–H and O–H groups in total. The molecule has 1 aliphatic rings. The minimum Gasteiger partial charge on any atom is -0.381 e. The van der Waals surface area contributed by atoms with Crippen LogP contribution in [0.5, 0.6) is 0 Å². The molecule has 0 saturated carbocycles. The van der Waals surface area contributed by atoms with Gasteiger partial charge in [-0.25, -0.2) is 0 Å². The van der Waals surface area contributed by atoms with E-state index in [4.69, 9.17) is 10.5 Å². The molecule has 1 aromatic rings. The average molecular weight is 350 g/mol. The molecule has 0 spiro atoms. The number of carbonyl (C=O) groups excluding carboxylic acids is 1. The van der Waals surface area contributed by atoms with Crippen LogP contribution in [0.1, 0.15) is 25.5 Å². The molecule has 0 aromatic carbocycles. The Bertz CT molecular complexity index is 440. The second-order valence-corrected chi connectivity index (χ2v) is 5.24. The number of carbonyl (C=O) groups is 1. The van der Waals surface area contributed by atoms with Gasteiger partial charge in [-0.15, -0.1) is 24.8 Å². The van der Waals surface area contributed by atoms with Gasteiger partial charge in [0, 0.05) is 32.5 Å². The highest BCUT2D eigenvalue weighted by Crippen LogP contribution is 2.32. The maximum atomic E-state index is 12.8. The predicted molar refractivity (Wildman–Crippen MR) is 91.4 cm³/mol. The van der Waals surface area contributed by atoms with Crippen LogP contribution in [0.25, 0.3) is 0 Å². The van der Waals surface area contributed by atoms with Gasteiger partial charge in [-0.1, -0.05) is 6.07 Å². The largest absolute Gasteiger partial charge is 0.381 e. The lowest BCUT2D eigenvalue weighted by atomic mass is 9.79. The van der Waals surface area contributed by atoms with Crippen molar-refractivity contribution in [1.29, 1.82) is 0 Å². The van der Waals surface area contributed by atoms with Crippen LogP contribution in [-0.4, -0.2) is 42.1 Å². The van der Waals surface area contributed by atoms with E-state index in [0.717, 1.165) is 5.69 Å². The normalized spacial score (nSPS) is 16.1. The fourth-order valence-corrected chi connectivity index (χ4v) is 2.62. The Hall–Kier alpha value is -0.880. The molecule has 1 aromatic heterocycles. The first-order chi connectivity index (χ1) is 9.72. The summed E-state index contributed by atoms with van der Waals surface area (Å²) in [5.74, 6) is 0.136. The van der Waals surface area contributed by atoms with Crippen LogP contribution >= 0.6 is 24.8 Å². The fourth-order valence-electron chi connectivity index (χ4n) is 2.62. The monoisotopic (exact) mass is 349 g/mol. The Morgan fingerprint density at radius 1 is 1.36 bits per heavy atom. The van der Waals surface area contributed by atoms with Gasteiger partial charge in [0.15, 0.2) is 0 Å². The molecule has 2 rings (SSSR count). The summed E-state index contributed by atoms with van der Waals surface area (Å²) < 4.78 is 5.37. The molecule has 2 heterocycles. The van der Waals surface area contributed by atoms with Crippen LogP contribution in [0.15, 0.2) is 24.4 Å². The number of nitrogens with zero attached hydrogens (tertiary/aromatic N) is 2. The third-order valence-corrected chi connectivity index (χ3v) is 4.04. The van der Waals surface area contributed by atoms with Crippen molar-refractivity contribution in [2.75, 3.05) is 26.3 Å². The van der Waals surface area contributed by atoms with Crippen LogP contribution in [0.4, 0.5) is 0 Å². The Kier molecular flexibility index (Phi) is 9.60. The van der Waals surface area contributed by atoms with Gasteiger partial charge in [0.05, 0.1) is 17.7 Å². The van der Waals surface area contributed by atoms with E-state index in [-0.39, 0.29) is 30.7 Å². The molecule has 126 valence electrons. The number of rotatable bonds is 5. The van der Waals surface area contributed by atoms with Crippen molar-refractivity contribution in [3.63, 3.8) is 0 Å². The summed E-state index contributed by atoms with van der Waals surface area (Å²) in [7, 11) is 0. The Labute approximate surface area is 144 Å². The molecule has 7 heteroatoms. The number of aromatic nitrogens is 1. The second kappa shape index (κ2) is 10.0. The summed E-state index contributed by atoms with van der Waals surface area (Å²) in [5, 5.41) is 0. The number of hydrogen-bond donors (Lipinski definition) is 1.